The number of nitrogens with one attached hydrogen (secondary N) is 2. The molecule has 0 aliphatic carbocycles. The molecule has 2 N–H and O–H groups in total. The Balaban J connectivity index is 1.45. The Hall–Kier alpha value is -3.09. The van der Waals surface area contributed by atoms with E-state index in [0.29, 0.717) is 32.6 Å². The summed E-state index contributed by atoms with van der Waals surface area (Å²) in [6.45, 7) is 4.48. The van der Waals surface area contributed by atoms with Gasteiger partial charge in [-0.25, -0.2) is 4.79 Å². The largest absolute Gasteiger partial charge is 0.354 e. The fourth-order valence-corrected chi connectivity index (χ4v) is 4.87. The SMILES string of the molecule is CCCCNC(=O)[C@H](Cc1ccccc1)NC(=O)N1C[C@H]2C[C@@H](C1)c1cccc(=O)n1C2. The molecule has 32 heavy (non-hydrogen) atoms. The van der Waals surface area contributed by atoms with Crippen LogP contribution in [-0.2, 0) is 17.8 Å². The van der Waals surface area contributed by atoms with Gasteiger partial charge in [-0.3, -0.25) is 9.59 Å². The molecule has 2 aliphatic heterocycles. The van der Waals surface area contributed by atoms with E-state index in [9.17, 15) is 14.4 Å². The number of urea groups is 1. The lowest BCUT2D eigenvalue weighted by molar-refractivity contribution is -0.122. The van der Waals surface area contributed by atoms with Gasteiger partial charge in [-0.05, 0) is 30.4 Å². The van der Waals surface area contributed by atoms with Crippen molar-refractivity contribution in [2.45, 2.75) is 51.1 Å². The van der Waals surface area contributed by atoms with Gasteiger partial charge in [0.2, 0.25) is 5.91 Å². The molecule has 0 saturated carbocycles. The van der Waals surface area contributed by atoms with Crippen LogP contribution < -0.4 is 16.2 Å². The maximum atomic E-state index is 13.2. The van der Waals surface area contributed by atoms with Gasteiger partial charge in [-0.2, -0.15) is 0 Å². The Labute approximate surface area is 188 Å². The van der Waals surface area contributed by atoms with Crippen molar-refractivity contribution in [2.75, 3.05) is 19.6 Å². The number of hydrogen-bond donors (Lipinski definition) is 2. The molecule has 0 unspecified atom stereocenters. The third-order valence-corrected chi connectivity index (χ3v) is 6.49. The summed E-state index contributed by atoms with van der Waals surface area (Å²) in [5.41, 5.74) is 2.04. The minimum absolute atomic E-state index is 0.0294. The zero-order valence-corrected chi connectivity index (χ0v) is 18.6. The van der Waals surface area contributed by atoms with Crippen LogP contribution in [0.4, 0.5) is 4.79 Å². The molecule has 1 fully saturated rings. The third kappa shape index (κ3) is 5.03. The highest BCUT2D eigenvalue weighted by Crippen LogP contribution is 2.34. The first-order valence-corrected chi connectivity index (χ1v) is 11.6. The third-order valence-electron chi connectivity index (χ3n) is 6.49. The topological polar surface area (TPSA) is 83.4 Å². The lowest BCUT2D eigenvalue weighted by Crippen LogP contribution is -2.56. The van der Waals surface area contributed by atoms with Crippen molar-refractivity contribution < 1.29 is 9.59 Å². The van der Waals surface area contributed by atoms with Crippen LogP contribution in [-0.4, -0.2) is 47.1 Å². The molecule has 4 rings (SSSR count). The molecule has 3 amide bonds. The summed E-state index contributed by atoms with van der Waals surface area (Å²) < 4.78 is 1.85. The van der Waals surface area contributed by atoms with Gasteiger partial charge < -0.3 is 20.1 Å². The molecular weight excluding hydrogens is 404 g/mol. The Morgan fingerprint density at radius 2 is 1.88 bits per heavy atom. The summed E-state index contributed by atoms with van der Waals surface area (Å²) in [6.07, 6.45) is 3.34. The van der Waals surface area contributed by atoms with E-state index in [2.05, 4.69) is 17.6 Å². The van der Waals surface area contributed by atoms with Crippen molar-refractivity contribution in [1.29, 1.82) is 0 Å². The molecule has 7 heteroatoms. The molecule has 1 aromatic carbocycles. The summed E-state index contributed by atoms with van der Waals surface area (Å²) >= 11 is 0. The maximum Gasteiger partial charge on any atom is 0.318 e. The standard InChI is InChI=1S/C25H32N4O3/c1-2-3-12-26-24(31)21(14-18-8-5-4-6-9-18)27-25(32)28-15-19-13-20(17-28)22-10-7-11-23(30)29(22)16-19/h4-11,19-21H,2-3,12-17H2,1H3,(H,26,31)(H,27,32)/t19-,20+,21+/m1/s1. The van der Waals surface area contributed by atoms with Crippen molar-refractivity contribution in [3.05, 3.63) is 70.1 Å². The second-order valence-corrected chi connectivity index (χ2v) is 8.94. The number of piperidine rings is 1. The second kappa shape index (κ2) is 10.0. The van der Waals surface area contributed by atoms with Crippen molar-refractivity contribution in [1.82, 2.24) is 20.1 Å². The number of carbonyl (C=O) groups is 2. The lowest BCUT2D eigenvalue weighted by Gasteiger charge is -2.43. The van der Waals surface area contributed by atoms with Gasteiger partial charge in [0, 0.05) is 50.3 Å². The molecular formula is C25H32N4O3. The number of amides is 3. The fraction of sp³-hybridized carbons (Fsp3) is 0.480. The molecule has 2 aliphatic rings. The van der Waals surface area contributed by atoms with E-state index >= 15 is 0 Å². The molecule has 1 aromatic heterocycles. The van der Waals surface area contributed by atoms with E-state index < -0.39 is 6.04 Å². The fourth-order valence-electron chi connectivity index (χ4n) is 4.87. The van der Waals surface area contributed by atoms with Crippen LogP contribution in [0.3, 0.4) is 0 Å². The van der Waals surface area contributed by atoms with Gasteiger partial charge >= 0.3 is 6.03 Å². The molecule has 3 atom stereocenters. The lowest BCUT2D eigenvalue weighted by atomic mass is 9.83. The highest BCUT2D eigenvalue weighted by Gasteiger charge is 2.37. The summed E-state index contributed by atoms with van der Waals surface area (Å²) in [5, 5.41) is 5.95. The number of aromatic nitrogens is 1. The van der Waals surface area contributed by atoms with Crippen LogP contribution >= 0.6 is 0 Å². The van der Waals surface area contributed by atoms with Crippen LogP contribution in [0.2, 0.25) is 0 Å². The molecule has 3 heterocycles. The van der Waals surface area contributed by atoms with Gasteiger partial charge in [0.05, 0.1) is 0 Å². The van der Waals surface area contributed by atoms with Gasteiger partial charge in [-0.15, -0.1) is 0 Å². The van der Waals surface area contributed by atoms with Crippen molar-refractivity contribution in [3.8, 4) is 0 Å². The molecule has 0 radical (unpaired) electrons. The molecule has 2 bridgehead atoms. The minimum atomic E-state index is -0.626. The predicted octanol–water partition coefficient (Wildman–Crippen LogP) is 2.50. The first kappa shape index (κ1) is 22.1. The van der Waals surface area contributed by atoms with Crippen LogP contribution in [0.1, 0.15) is 43.4 Å². The Bertz CT molecular complexity index is 1000. The minimum Gasteiger partial charge on any atom is -0.354 e. The molecule has 0 spiro atoms. The Kier molecular flexibility index (Phi) is 6.93. The average molecular weight is 437 g/mol. The van der Waals surface area contributed by atoms with Crippen LogP contribution in [0.25, 0.3) is 0 Å². The quantitative estimate of drug-likeness (QED) is 0.654. The molecule has 170 valence electrons. The number of fused-ring (bicyclic) bond motifs is 4. The van der Waals surface area contributed by atoms with E-state index in [1.165, 1.54) is 0 Å². The molecule has 7 nitrogen and oxygen atoms in total. The summed E-state index contributed by atoms with van der Waals surface area (Å²) in [4.78, 5) is 40.1. The smallest absolute Gasteiger partial charge is 0.318 e. The number of nitrogens with zero attached hydrogens (tertiary/aromatic N) is 2. The zero-order chi connectivity index (χ0) is 22.5. The Morgan fingerprint density at radius 3 is 2.66 bits per heavy atom. The summed E-state index contributed by atoms with van der Waals surface area (Å²) in [5.74, 6) is 0.246. The highest BCUT2D eigenvalue weighted by atomic mass is 16.2. The number of unbranched alkanes of at least 4 members (excludes halogenated alkanes) is 1. The van der Waals surface area contributed by atoms with Crippen LogP contribution in [0, 0.1) is 5.92 Å². The number of hydrogen-bond acceptors (Lipinski definition) is 3. The number of carbonyl (C=O) groups excluding carboxylic acids is 2. The van der Waals surface area contributed by atoms with Crippen LogP contribution in [0.5, 0.6) is 0 Å². The van der Waals surface area contributed by atoms with E-state index in [-0.39, 0.29) is 29.3 Å². The van der Waals surface area contributed by atoms with E-state index in [0.717, 1.165) is 30.5 Å². The summed E-state index contributed by atoms with van der Waals surface area (Å²) in [6, 6.07) is 14.3. The van der Waals surface area contributed by atoms with Gasteiger partial charge in [0.1, 0.15) is 6.04 Å². The normalized spacial score (nSPS) is 20.2. The van der Waals surface area contributed by atoms with Crippen molar-refractivity contribution in [3.63, 3.8) is 0 Å². The number of benzene rings is 1. The van der Waals surface area contributed by atoms with Crippen LogP contribution in [0.15, 0.2) is 53.3 Å². The second-order valence-electron chi connectivity index (χ2n) is 8.94. The Morgan fingerprint density at radius 1 is 1.06 bits per heavy atom. The number of likely N-dealkylation sites (tertiary alicyclic amines) is 1. The van der Waals surface area contributed by atoms with E-state index in [1.807, 2.05) is 45.9 Å². The van der Waals surface area contributed by atoms with Gasteiger partial charge in [0.15, 0.2) is 0 Å². The number of rotatable bonds is 7. The molecule has 1 saturated heterocycles. The predicted molar refractivity (Wildman–Crippen MR) is 124 cm³/mol. The van der Waals surface area contributed by atoms with Gasteiger partial charge in [-0.1, -0.05) is 49.7 Å². The van der Waals surface area contributed by atoms with Crippen molar-refractivity contribution >= 4 is 11.9 Å². The van der Waals surface area contributed by atoms with E-state index in [1.54, 1.807) is 12.1 Å². The van der Waals surface area contributed by atoms with E-state index in [4.69, 9.17) is 0 Å². The maximum absolute atomic E-state index is 13.2. The van der Waals surface area contributed by atoms with Crippen molar-refractivity contribution in [2.24, 2.45) is 5.92 Å². The zero-order valence-electron chi connectivity index (χ0n) is 18.6. The average Bonchev–Trinajstić information content (AvgIpc) is 2.80. The number of pyridine rings is 1. The molecule has 2 aromatic rings. The monoisotopic (exact) mass is 436 g/mol. The first-order valence-electron chi connectivity index (χ1n) is 11.6. The first-order chi connectivity index (χ1) is 15.5. The highest BCUT2D eigenvalue weighted by molar-refractivity contribution is 5.87. The summed E-state index contributed by atoms with van der Waals surface area (Å²) in [7, 11) is 0. The van der Waals surface area contributed by atoms with Gasteiger partial charge in [0.25, 0.3) is 5.56 Å².